The Balaban J connectivity index is 1.76. The van der Waals surface area contributed by atoms with Crippen molar-refractivity contribution < 1.29 is 28.5 Å². The van der Waals surface area contributed by atoms with Crippen molar-refractivity contribution >= 4 is 34.4 Å². The molecular formula is C32H31ClF2N6O4. The molecule has 2 atom stereocenters. The summed E-state index contributed by atoms with van der Waals surface area (Å²) >= 11 is 6.78. The number of halogens is 3. The van der Waals surface area contributed by atoms with Crippen LogP contribution in [-0.4, -0.2) is 68.6 Å². The van der Waals surface area contributed by atoms with Gasteiger partial charge in [-0.25, -0.2) is 23.1 Å². The third-order valence-corrected chi connectivity index (χ3v) is 8.14. The van der Waals surface area contributed by atoms with Crippen LogP contribution in [0.2, 0.25) is 5.02 Å². The number of pyridine rings is 2. The minimum atomic E-state index is -3.44. The van der Waals surface area contributed by atoms with Crippen molar-refractivity contribution in [3.05, 3.63) is 76.0 Å². The molecule has 5 heterocycles. The Kier molecular flexibility index (Phi) is 6.71. The van der Waals surface area contributed by atoms with E-state index in [4.69, 9.17) is 26.6 Å². The van der Waals surface area contributed by atoms with Gasteiger partial charge >= 0.3 is 5.69 Å². The molecule has 0 radical (unpaired) electrons. The maximum absolute atomic E-state index is 15.7. The van der Waals surface area contributed by atoms with Crippen molar-refractivity contribution in [1.29, 1.82) is 0 Å². The lowest BCUT2D eigenvalue weighted by atomic mass is 10.0. The first-order chi connectivity index (χ1) is 23.0. The number of rotatable bonds is 3. The van der Waals surface area contributed by atoms with Crippen LogP contribution in [0.3, 0.4) is 0 Å². The van der Waals surface area contributed by atoms with Gasteiger partial charge in [0.15, 0.2) is 17.2 Å². The second-order valence-corrected chi connectivity index (χ2v) is 11.5. The molecule has 45 heavy (non-hydrogen) atoms. The Hall–Kier alpha value is -4.58. The number of aromatic nitrogens is 4. The SMILES string of the molecule is [2H]C1([2H])Oc2ccnc(C(C)C)c2-n2c(=O)nc(N3CC(C)N(C(=O)C=C)CC3C)c3cc(Cl)c(nc32)-c2c(F)ccc(F)c2OC1([2H])[2H]. The second kappa shape index (κ2) is 11.7. The highest BCUT2D eigenvalue weighted by Crippen LogP contribution is 2.42. The maximum atomic E-state index is 15.7. The van der Waals surface area contributed by atoms with Crippen LogP contribution in [0, 0.1) is 11.6 Å². The van der Waals surface area contributed by atoms with E-state index in [9.17, 15) is 9.59 Å². The predicted molar refractivity (Wildman–Crippen MR) is 167 cm³/mol. The summed E-state index contributed by atoms with van der Waals surface area (Å²) in [5.74, 6) is -4.20. The molecule has 1 amide bonds. The molecule has 0 spiro atoms. The molecule has 234 valence electrons. The first-order valence-electron chi connectivity index (χ1n) is 16.2. The number of carbonyl (C=O) groups is 1. The van der Waals surface area contributed by atoms with Gasteiger partial charge < -0.3 is 19.3 Å². The second-order valence-electron chi connectivity index (χ2n) is 11.1. The number of benzene rings is 1. The smallest absolute Gasteiger partial charge is 0.356 e. The zero-order chi connectivity index (χ0) is 35.7. The van der Waals surface area contributed by atoms with Gasteiger partial charge in [0.1, 0.15) is 36.2 Å². The number of anilines is 1. The Morgan fingerprint density at radius 3 is 2.60 bits per heavy atom. The minimum absolute atomic E-state index is 0.102. The van der Waals surface area contributed by atoms with Crippen LogP contribution in [0.1, 0.15) is 44.8 Å². The van der Waals surface area contributed by atoms with Gasteiger partial charge in [-0.2, -0.15) is 4.98 Å². The number of ether oxygens (including phenoxy) is 2. The third kappa shape index (κ3) is 5.16. The van der Waals surface area contributed by atoms with E-state index < -0.39 is 53.4 Å². The van der Waals surface area contributed by atoms with E-state index in [1.54, 1.807) is 18.7 Å². The quantitative estimate of drug-likeness (QED) is 0.279. The normalized spacial score (nSPS) is 21.6. The summed E-state index contributed by atoms with van der Waals surface area (Å²) in [6, 6.07) is 3.38. The van der Waals surface area contributed by atoms with Crippen LogP contribution < -0.4 is 20.1 Å². The largest absolute Gasteiger partial charge is 0.488 e. The zero-order valence-electron chi connectivity index (χ0n) is 28.8. The number of carbonyl (C=O) groups excluding carboxylic acids is 1. The van der Waals surface area contributed by atoms with Crippen LogP contribution in [0.15, 0.2) is 47.9 Å². The fraction of sp³-hybridized carbons (Fsp3) is 0.344. The molecule has 2 aliphatic heterocycles. The highest BCUT2D eigenvalue weighted by molar-refractivity contribution is 6.34. The molecule has 0 saturated carbocycles. The third-order valence-electron chi connectivity index (χ3n) is 7.85. The van der Waals surface area contributed by atoms with Gasteiger partial charge in [0, 0.05) is 37.4 Å². The minimum Gasteiger partial charge on any atom is -0.488 e. The Morgan fingerprint density at radius 1 is 1.13 bits per heavy atom. The number of piperazine rings is 1. The van der Waals surface area contributed by atoms with Crippen molar-refractivity contribution in [2.75, 3.05) is 31.1 Å². The lowest BCUT2D eigenvalue weighted by Crippen LogP contribution is -2.58. The number of hydrogen-bond acceptors (Lipinski definition) is 8. The van der Waals surface area contributed by atoms with E-state index in [-0.39, 0.29) is 70.1 Å². The molecule has 1 aromatic carbocycles. The van der Waals surface area contributed by atoms with Crippen LogP contribution in [0.4, 0.5) is 14.6 Å². The van der Waals surface area contributed by atoms with E-state index in [1.165, 1.54) is 24.4 Å². The molecule has 1 saturated heterocycles. The van der Waals surface area contributed by atoms with Gasteiger partial charge in [0.2, 0.25) is 5.91 Å². The summed E-state index contributed by atoms with van der Waals surface area (Å²) in [7, 11) is 0. The Morgan fingerprint density at radius 2 is 1.87 bits per heavy atom. The molecule has 0 N–H and O–H groups in total. The average Bonchev–Trinajstić information content (AvgIpc) is 3.03. The summed E-state index contributed by atoms with van der Waals surface area (Å²) < 4.78 is 77.2. The number of fused-ring (bicyclic) bond motifs is 5. The molecule has 4 aromatic rings. The summed E-state index contributed by atoms with van der Waals surface area (Å²) in [6.07, 6.45) is 2.53. The van der Waals surface area contributed by atoms with E-state index in [2.05, 4.69) is 21.5 Å². The molecule has 1 fully saturated rings. The summed E-state index contributed by atoms with van der Waals surface area (Å²) in [6.45, 7) is 4.50. The standard InChI is InChI=1S/C32H31ClF2N6O4/c1-6-24(42)39-14-18(5)40(15-17(39)4)30-19-13-20(33)27-25-21(34)7-8-22(35)29(25)45-12-11-44-23-9-10-36-26(16(2)3)28(23)41(31(19)37-27)32(43)38-30/h6-10,13,16-18H,1,11-12,14-15H2,2-5H3/i11D2,12D2. The molecule has 2 aliphatic rings. The molecule has 2 bridgehead atoms. The van der Waals surface area contributed by atoms with Crippen molar-refractivity contribution in [2.24, 2.45) is 0 Å². The highest BCUT2D eigenvalue weighted by atomic mass is 35.5. The number of hydrogen-bond donors (Lipinski definition) is 0. The average molecular weight is 641 g/mol. The molecule has 0 aliphatic carbocycles. The lowest BCUT2D eigenvalue weighted by molar-refractivity contribution is -0.128. The van der Waals surface area contributed by atoms with Crippen LogP contribution in [0.5, 0.6) is 11.5 Å². The predicted octanol–water partition coefficient (Wildman–Crippen LogP) is 5.28. The van der Waals surface area contributed by atoms with Crippen molar-refractivity contribution in [2.45, 2.75) is 45.7 Å². The Bertz CT molecular complexity index is 2100. The fourth-order valence-corrected chi connectivity index (χ4v) is 5.98. The lowest BCUT2D eigenvalue weighted by Gasteiger charge is -2.44. The van der Waals surface area contributed by atoms with E-state index in [0.29, 0.717) is 6.07 Å². The summed E-state index contributed by atoms with van der Waals surface area (Å²) in [5, 5.41) is -0.0290. The number of amides is 1. The van der Waals surface area contributed by atoms with Gasteiger partial charge in [0.25, 0.3) is 0 Å². The van der Waals surface area contributed by atoms with Crippen molar-refractivity contribution in [3.63, 3.8) is 0 Å². The van der Waals surface area contributed by atoms with E-state index in [0.717, 1.165) is 10.6 Å². The summed E-state index contributed by atoms with van der Waals surface area (Å²) in [5.41, 5.74) is -2.04. The van der Waals surface area contributed by atoms with E-state index >= 15 is 8.78 Å². The number of nitrogens with zero attached hydrogens (tertiary/aromatic N) is 6. The van der Waals surface area contributed by atoms with E-state index in [1.807, 2.05) is 18.7 Å². The van der Waals surface area contributed by atoms with Gasteiger partial charge in [-0.15, -0.1) is 0 Å². The molecular weight excluding hydrogens is 606 g/mol. The van der Waals surface area contributed by atoms with Crippen molar-refractivity contribution in [3.8, 4) is 28.4 Å². The first-order valence-corrected chi connectivity index (χ1v) is 14.5. The molecule has 10 nitrogen and oxygen atoms in total. The first kappa shape index (κ1) is 25.7. The monoisotopic (exact) mass is 640 g/mol. The van der Waals surface area contributed by atoms with Gasteiger partial charge in [0.05, 0.1) is 32.8 Å². The van der Waals surface area contributed by atoms with Crippen LogP contribution in [0.25, 0.3) is 28.0 Å². The molecule has 13 heteroatoms. The fourth-order valence-electron chi connectivity index (χ4n) is 5.73. The van der Waals surface area contributed by atoms with Crippen LogP contribution in [-0.2, 0) is 4.79 Å². The molecule has 2 unspecified atom stereocenters. The molecule has 3 aromatic heterocycles. The highest BCUT2D eigenvalue weighted by Gasteiger charge is 2.35. The summed E-state index contributed by atoms with van der Waals surface area (Å²) in [4.78, 5) is 43.8. The van der Waals surface area contributed by atoms with Gasteiger partial charge in [-0.05, 0) is 44.0 Å². The van der Waals surface area contributed by atoms with Crippen molar-refractivity contribution in [1.82, 2.24) is 24.4 Å². The maximum Gasteiger partial charge on any atom is 0.356 e. The zero-order valence-corrected chi connectivity index (χ0v) is 25.5. The Labute approximate surface area is 268 Å². The van der Waals surface area contributed by atoms with Gasteiger partial charge in [-0.1, -0.05) is 32.0 Å². The van der Waals surface area contributed by atoms with Gasteiger partial charge in [-0.3, -0.25) is 9.78 Å². The van der Waals surface area contributed by atoms with Crippen LogP contribution >= 0.6 is 11.6 Å². The molecule has 6 rings (SSSR count). The topological polar surface area (TPSA) is 103 Å².